The number of nitrogens with one attached hydrogen (secondary N) is 1. The number of nitrogens with zero attached hydrogens (tertiary/aromatic N) is 3. The van der Waals surface area contributed by atoms with Gasteiger partial charge in [-0.25, -0.2) is 4.79 Å². The first-order chi connectivity index (χ1) is 12.2. The minimum absolute atomic E-state index is 0.0553. The smallest absolute Gasteiger partial charge is 0.410 e. The van der Waals surface area contributed by atoms with Gasteiger partial charge in [-0.3, -0.25) is 0 Å². The maximum Gasteiger partial charge on any atom is 0.410 e. The van der Waals surface area contributed by atoms with Crippen LogP contribution in [0.2, 0.25) is 5.15 Å². The second-order valence-corrected chi connectivity index (χ2v) is 8.41. The molecule has 1 saturated carbocycles. The first-order valence-corrected chi connectivity index (χ1v) is 9.59. The van der Waals surface area contributed by atoms with Crippen molar-refractivity contribution in [3.63, 3.8) is 0 Å². The molecule has 0 bridgehead atoms. The Morgan fingerprint density at radius 3 is 2.69 bits per heavy atom. The van der Waals surface area contributed by atoms with Crippen LogP contribution in [0, 0.1) is 0 Å². The second-order valence-electron chi connectivity index (χ2n) is 8.05. The number of hydrogen-bond acceptors (Lipinski definition) is 6. The molecule has 8 heteroatoms. The van der Waals surface area contributed by atoms with E-state index in [1.807, 2.05) is 20.8 Å². The predicted octanol–water partition coefficient (Wildman–Crippen LogP) is 3.14. The van der Waals surface area contributed by atoms with Gasteiger partial charge in [0, 0.05) is 17.7 Å². The Balaban J connectivity index is 1.81. The molecule has 2 N–H and O–H groups in total. The lowest BCUT2D eigenvalue weighted by atomic mass is 9.92. The number of aromatic nitrogens is 2. The molecule has 2 atom stereocenters. The van der Waals surface area contributed by atoms with Crippen LogP contribution in [0.4, 0.5) is 10.6 Å². The average Bonchev–Trinajstić information content (AvgIpc) is 2.57. The van der Waals surface area contributed by atoms with Gasteiger partial charge in [0.05, 0.1) is 18.7 Å². The molecule has 0 saturated heterocycles. The Morgan fingerprint density at radius 2 is 2.00 bits per heavy atom. The topological polar surface area (TPSA) is 87.6 Å². The summed E-state index contributed by atoms with van der Waals surface area (Å²) in [7, 11) is 0. The van der Waals surface area contributed by atoms with Crippen molar-refractivity contribution in [1.82, 2.24) is 15.1 Å². The van der Waals surface area contributed by atoms with Gasteiger partial charge < -0.3 is 20.1 Å². The van der Waals surface area contributed by atoms with E-state index in [1.54, 1.807) is 4.90 Å². The number of amides is 1. The van der Waals surface area contributed by atoms with Crippen molar-refractivity contribution in [2.75, 3.05) is 11.9 Å². The van der Waals surface area contributed by atoms with E-state index in [0.29, 0.717) is 30.5 Å². The van der Waals surface area contributed by atoms with E-state index in [2.05, 4.69) is 15.5 Å². The Morgan fingerprint density at radius 1 is 1.27 bits per heavy atom. The molecule has 26 heavy (non-hydrogen) atoms. The SMILES string of the molecule is CC(C)(C)OC(=O)N1CCc2c(Cl)nnc(N[C@@H]3CCCC[C@H]3O)c2C1. The van der Waals surface area contributed by atoms with Gasteiger partial charge >= 0.3 is 6.09 Å². The molecule has 0 spiro atoms. The second kappa shape index (κ2) is 7.56. The van der Waals surface area contributed by atoms with E-state index in [9.17, 15) is 9.90 Å². The van der Waals surface area contributed by atoms with Crippen molar-refractivity contribution in [2.45, 2.75) is 77.2 Å². The van der Waals surface area contributed by atoms with Gasteiger partial charge in [-0.05, 0) is 40.0 Å². The standard InChI is InChI=1S/C18H27ClN4O3/c1-18(2,3)26-17(25)23-9-8-11-12(10-23)16(22-21-15(11)19)20-13-6-4-5-7-14(13)24/h13-14,24H,4-10H2,1-3H3,(H,20,22)/t13-,14-/m1/s1. The van der Waals surface area contributed by atoms with Crippen LogP contribution in [0.15, 0.2) is 0 Å². The summed E-state index contributed by atoms with van der Waals surface area (Å²) in [5.74, 6) is 0.601. The number of anilines is 1. The number of aliphatic hydroxyl groups excluding tert-OH is 1. The van der Waals surface area contributed by atoms with Gasteiger partial charge in [0.1, 0.15) is 5.60 Å². The molecule has 1 aromatic rings. The number of ether oxygens (including phenoxy) is 1. The monoisotopic (exact) mass is 382 g/mol. The zero-order valence-corrected chi connectivity index (χ0v) is 16.3. The predicted molar refractivity (Wildman–Crippen MR) is 99.3 cm³/mol. The number of carbonyl (C=O) groups excluding carboxylic acids is 1. The lowest BCUT2D eigenvalue weighted by Crippen LogP contribution is -2.41. The molecule has 2 heterocycles. The maximum atomic E-state index is 12.4. The molecule has 0 aromatic carbocycles. The van der Waals surface area contributed by atoms with Gasteiger partial charge in [-0.2, -0.15) is 0 Å². The third-order valence-electron chi connectivity index (χ3n) is 4.82. The van der Waals surface area contributed by atoms with Crippen molar-refractivity contribution in [3.05, 3.63) is 16.3 Å². The largest absolute Gasteiger partial charge is 0.444 e. The maximum absolute atomic E-state index is 12.4. The van der Waals surface area contributed by atoms with Crippen LogP contribution in [-0.4, -0.2) is 50.6 Å². The van der Waals surface area contributed by atoms with Crippen LogP contribution >= 0.6 is 11.6 Å². The van der Waals surface area contributed by atoms with Crippen molar-refractivity contribution in [2.24, 2.45) is 0 Å². The van der Waals surface area contributed by atoms with Crippen LogP contribution in [0.5, 0.6) is 0 Å². The number of halogens is 1. The summed E-state index contributed by atoms with van der Waals surface area (Å²) in [6.07, 6.45) is 3.63. The van der Waals surface area contributed by atoms with E-state index in [1.165, 1.54) is 0 Å². The quantitative estimate of drug-likeness (QED) is 0.817. The molecule has 144 valence electrons. The summed E-state index contributed by atoms with van der Waals surface area (Å²) in [5, 5.41) is 22.2. The third-order valence-corrected chi connectivity index (χ3v) is 5.12. The number of fused-ring (bicyclic) bond motifs is 1. The molecule has 0 unspecified atom stereocenters. The number of hydrogen-bond donors (Lipinski definition) is 2. The van der Waals surface area contributed by atoms with Crippen molar-refractivity contribution in [1.29, 1.82) is 0 Å². The van der Waals surface area contributed by atoms with Gasteiger partial charge in [-0.1, -0.05) is 24.4 Å². The Bertz CT molecular complexity index is 677. The molecule has 1 fully saturated rings. The van der Waals surface area contributed by atoms with E-state index in [-0.39, 0.29) is 12.1 Å². The van der Waals surface area contributed by atoms with Crippen LogP contribution in [0.3, 0.4) is 0 Å². The van der Waals surface area contributed by atoms with E-state index >= 15 is 0 Å². The van der Waals surface area contributed by atoms with Crippen LogP contribution < -0.4 is 5.32 Å². The lowest BCUT2D eigenvalue weighted by Gasteiger charge is -2.33. The highest BCUT2D eigenvalue weighted by atomic mass is 35.5. The summed E-state index contributed by atoms with van der Waals surface area (Å²) in [6.45, 7) is 6.44. The zero-order chi connectivity index (χ0) is 18.9. The highest BCUT2D eigenvalue weighted by molar-refractivity contribution is 6.30. The summed E-state index contributed by atoms with van der Waals surface area (Å²) in [4.78, 5) is 14.1. The van der Waals surface area contributed by atoms with Crippen LogP contribution in [0.1, 0.15) is 57.6 Å². The Labute approximate surface area is 159 Å². The fourth-order valence-electron chi connectivity index (χ4n) is 3.48. The van der Waals surface area contributed by atoms with Gasteiger partial charge in [0.2, 0.25) is 0 Å². The molecule has 1 aliphatic carbocycles. The summed E-state index contributed by atoms with van der Waals surface area (Å²) < 4.78 is 5.49. The fraction of sp³-hybridized carbons (Fsp3) is 0.722. The summed E-state index contributed by atoms with van der Waals surface area (Å²) in [6, 6.07) is -0.0553. The van der Waals surface area contributed by atoms with Crippen LogP contribution in [0.25, 0.3) is 0 Å². The van der Waals surface area contributed by atoms with Crippen molar-refractivity contribution in [3.8, 4) is 0 Å². The van der Waals surface area contributed by atoms with E-state index < -0.39 is 11.7 Å². The molecule has 7 nitrogen and oxygen atoms in total. The Kier molecular flexibility index (Phi) is 5.58. The first kappa shape index (κ1) is 19.2. The van der Waals surface area contributed by atoms with Crippen LogP contribution in [-0.2, 0) is 17.7 Å². The molecule has 3 rings (SSSR count). The minimum Gasteiger partial charge on any atom is -0.444 e. The zero-order valence-electron chi connectivity index (χ0n) is 15.6. The molecular weight excluding hydrogens is 356 g/mol. The average molecular weight is 383 g/mol. The highest BCUT2D eigenvalue weighted by Gasteiger charge is 2.31. The first-order valence-electron chi connectivity index (χ1n) is 9.21. The molecule has 1 amide bonds. The molecule has 1 aromatic heterocycles. The van der Waals surface area contributed by atoms with Gasteiger partial charge in [0.25, 0.3) is 0 Å². The van der Waals surface area contributed by atoms with Gasteiger partial charge in [0.15, 0.2) is 11.0 Å². The fourth-order valence-corrected chi connectivity index (χ4v) is 3.72. The van der Waals surface area contributed by atoms with Crippen molar-refractivity contribution < 1.29 is 14.6 Å². The number of aliphatic hydroxyl groups is 1. The molecule has 1 aliphatic heterocycles. The highest BCUT2D eigenvalue weighted by Crippen LogP contribution is 2.31. The number of rotatable bonds is 2. The normalized spacial score (nSPS) is 23.3. The van der Waals surface area contributed by atoms with Gasteiger partial charge in [-0.15, -0.1) is 10.2 Å². The summed E-state index contributed by atoms with van der Waals surface area (Å²) >= 11 is 6.23. The Hall–Kier alpha value is -1.60. The molecular formula is C18H27ClN4O3. The number of carbonyl (C=O) groups is 1. The molecule has 0 radical (unpaired) electrons. The van der Waals surface area contributed by atoms with E-state index in [4.69, 9.17) is 16.3 Å². The minimum atomic E-state index is -0.543. The summed E-state index contributed by atoms with van der Waals surface area (Å²) in [5.41, 5.74) is 1.23. The third kappa shape index (κ3) is 4.38. The van der Waals surface area contributed by atoms with Crippen molar-refractivity contribution >= 4 is 23.5 Å². The lowest BCUT2D eigenvalue weighted by molar-refractivity contribution is 0.0224. The molecule has 2 aliphatic rings. The van der Waals surface area contributed by atoms with E-state index in [0.717, 1.165) is 36.8 Å².